The number of amides is 2. The van der Waals surface area contributed by atoms with Crippen LogP contribution in [0.3, 0.4) is 0 Å². The molecular formula is C9H13F3N2O3. The molecule has 0 aromatic carbocycles. The lowest BCUT2D eigenvalue weighted by Gasteiger charge is -2.36. The maximum atomic E-state index is 11.8. The molecule has 0 aliphatic carbocycles. The molecule has 2 amide bonds. The molecule has 0 saturated carbocycles. The molecule has 0 radical (unpaired) electrons. The van der Waals surface area contributed by atoms with E-state index in [2.05, 4.69) is 5.32 Å². The number of halogens is 3. The van der Waals surface area contributed by atoms with Gasteiger partial charge in [0.2, 0.25) is 0 Å². The minimum atomic E-state index is -4.21. The number of carboxylic acid groups (broad SMARTS) is 1. The first-order valence-electron chi connectivity index (χ1n) is 5.12. The van der Waals surface area contributed by atoms with E-state index in [1.165, 1.54) is 4.90 Å². The summed E-state index contributed by atoms with van der Waals surface area (Å²) in [5.74, 6) is -1.53. The van der Waals surface area contributed by atoms with Crippen molar-refractivity contribution in [2.45, 2.75) is 19.0 Å². The number of likely N-dealkylation sites (tertiary alicyclic amines) is 1. The fraction of sp³-hybridized carbons (Fsp3) is 0.778. The van der Waals surface area contributed by atoms with Gasteiger partial charge in [-0.1, -0.05) is 0 Å². The van der Waals surface area contributed by atoms with E-state index in [1.54, 1.807) is 0 Å². The van der Waals surface area contributed by atoms with Crippen molar-refractivity contribution in [3.05, 3.63) is 0 Å². The van der Waals surface area contributed by atoms with Crippen molar-refractivity contribution in [1.82, 2.24) is 10.2 Å². The van der Waals surface area contributed by atoms with Gasteiger partial charge in [0.15, 0.2) is 0 Å². The molecule has 2 N–H and O–H groups in total. The molecule has 5 nitrogen and oxygen atoms in total. The zero-order chi connectivity index (χ0) is 13.1. The molecule has 1 aliphatic heterocycles. The van der Waals surface area contributed by atoms with Gasteiger partial charge in [0.05, 0.1) is 5.92 Å². The van der Waals surface area contributed by atoms with Crippen LogP contribution in [0.1, 0.15) is 12.8 Å². The second-order valence-electron chi connectivity index (χ2n) is 3.89. The summed E-state index contributed by atoms with van der Waals surface area (Å²) in [6, 6.07) is -0.510. The molecule has 1 heterocycles. The number of nitrogens with zero attached hydrogens (tertiary/aromatic N) is 1. The standard InChI is InChI=1S/C9H13F3N2O3/c10-9(11,12)2-1-3-13-8(17)14-4-6(5-14)7(15)16/h6H,1-5H2,(H,13,17)(H,15,16). The van der Waals surface area contributed by atoms with E-state index < -0.39 is 30.5 Å². The van der Waals surface area contributed by atoms with Crippen LogP contribution in [0.2, 0.25) is 0 Å². The summed E-state index contributed by atoms with van der Waals surface area (Å²) in [6.45, 7) is 0.160. The largest absolute Gasteiger partial charge is 0.481 e. The van der Waals surface area contributed by atoms with E-state index in [0.717, 1.165) is 0 Å². The normalized spacial score (nSPS) is 16.5. The molecule has 1 fully saturated rings. The fourth-order valence-electron chi connectivity index (χ4n) is 1.40. The van der Waals surface area contributed by atoms with E-state index in [9.17, 15) is 22.8 Å². The van der Waals surface area contributed by atoms with Crippen LogP contribution in [-0.4, -0.2) is 47.8 Å². The van der Waals surface area contributed by atoms with E-state index in [0.29, 0.717) is 0 Å². The van der Waals surface area contributed by atoms with Gasteiger partial charge in [-0.05, 0) is 6.42 Å². The fourth-order valence-corrected chi connectivity index (χ4v) is 1.40. The Kier molecular flexibility index (Phi) is 4.19. The van der Waals surface area contributed by atoms with Gasteiger partial charge in [0.25, 0.3) is 0 Å². The van der Waals surface area contributed by atoms with Crippen LogP contribution < -0.4 is 5.32 Å². The van der Waals surface area contributed by atoms with Crippen LogP contribution in [0, 0.1) is 5.92 Å². The Hall–Kier alpha value is -1.47. The smallest absolute Gasteiger partial charge is 0.389 e. The number of rotatable bonds is 4. The number of hydrogen-bond acceptors (Lipinski definition) is 2. The summed E-state index contributed by atoms with van der Waals surface area (Å²) in [5, 5.41) is 10.9. The maximum absolute atomic E-state index is 11.8. The topological polar surface area (TPSA) is 69.6 Å². The van der Waals surface area contributed by atoms with E-state index in [4.69, 9.17) is 5.11 Å². The lowest BCUT2D eigenvalue weighted by molar-refractivity contribution is -0.146. The predicted octanol–water partition coefficient (Wildman–Crippen LogP) is 1.05. The highest BCUT2D eigenvalue weighted by Crippen LogP contribution is 2.20. The molecule has 0 atom stereocenters. The summed E-state index contributed by atoms with van der Waals surface area (Å²) in [6.07, 6.45) is -5.33. The van der Waals surface area contributed by atoms with Gasteiger partial charge >= 0.3 is 18.2 Å². The SMILES string of the molecule is O=C(O)C1CN(C(=O)NCCCC(F)(F)F)C1. The van der Waals surface area contributed by atoms with Crippen LogP contribution in [0.5, 0.6) is 0 Å². The molecule has 1 rings (SSSR count). The lowest BCUT2D eigenvalue weighted by Crippen LogP contribution is -2.56. The number of alkyl halides is 3. The van der Waals surface area contributed by atoms with Crippen LogP contribution >= 0.6 is 0 Å². The van der Waals surface area contributed by atoms with Crippen molar-refractivity contribution in [3.63, 3.8) is 0 Å². The Labute approximate surface area is 95.6 Å². The Balaban J connectivity index is 2.09. The van der Waals surface area contributed by atoms with E-state index in [1.807, 2.05) is 0 Å². The highest BCUT2D eigenvalue weighted by Gasteiger charge is 2.35. The van der Waals surface area contributed by atoms with Gasteiger partial charge in [-0.2, -0.15) is 13.2 Å². The van der Waals surface area contributed by atoms with Gasteiger partial charge in [-0.3, -0.25) is 4.79 Å². The molecular weight excluding hydrogens is 241 g/mol. The van der Waals surface area contributed by atoms with E-state index >= 15 is 0 Å². The summed E-state index contributed by atoms with van der Waals surface area (Å²) in [4.78, 5) is 23.0. The van der Waals surface area contributed by atoms with Gasteiger partial charge in [-0.25, -0.2) is 4.79 Å². The monoisotopic (exact) mass is 254 g/mol. The summed E-state index contributed by atoms with van der Waals surface area (Å²) >= 11 is 0. The average Bonchev–Trinajstić information content (AvgIpc) is 2.07. The minimum Gasteiger partial charge on any atom is -0.481 e. The first kappa shape index (κ1) is 13.6. The molecule has 0 aromatic heterocycles. The number of aliphatic carboxylic acids is 1. The number of hydrogen-bond donors (Lipinski definition) is 2. The second-order valence-corrected chi connectivity index (χ2v) is 3.89. The van der Waals surface area contributed by atoms with Crippen LogP contribution in [0.15, 0.2) is 0 Å². The summed E-state index contributed by atoms with van der Waals surface area (Å²) < 4.78 is 35.3. The molecule has 0 aromatic rings. The quantitative estimate of drug-likeness (QED) is 0.737. The van der Waals surface area contributed by atoms with Crippen molar-refractivity contribution in [1.29, 1.82) is 0 Å². The molecule has 98 valence electrons. The zero-order valence-electron chi connectivity index (χ0n) is 8.96. The molecule has 1 aliphatic rings. The molecule has 8 heteroatoms. The van der Waals surface area contributed by atoms with Gasteiger partial charge in [0, 0.05) is 26.1 Å². The lowest BCUT2D eigenvalue weighted by atomic mass is 10.0. The summed E-state index contributed by atoms with van der Waals surface area (Å²) in [5.41, 5.74) is 0. The first-order chi connectivity index (χ1) is 7.79. The second kappa shape index (κ2) is 5.24. The third-order valence-corrected chi connectivity index (χ3v) is 2.43. The van der Waals surface area contributed by atoms with Crippen LogP contribution in [-0.2, 0) is 4.79 Å². The Morgan fingerprint density at radius 1 is 1.35 bits per heavy atom. The average molecular weight is 254 g/mol. The van der Waals surface area contributed by atoms with Crippen LogP contribution in [0.25, 0.3) is 0 Å². The molecule has 0 bridgehead atoms. The number of carboxylic acids is 1. The summed E-state index contributed by atoms with van der Waals surface area (Å²) in [7, 11) is 0. The third kappa shape index (κ3) is 4.49. The van der Waals surface area contributed by atoms with Gasteiger partial charge in [-0.15, -0.1) is 0 Å². The zero-order valence-corrected chi connectivity index (χ0v) is 8.96. The number of carbonyl (C=O) groups excluding carboxylic acids is 1. The molecule has 1 saturated heterocycles. The third-order valence-electron chi connectivity index (χ3n) is 2.43. The molecule has 0 unspecified atom stereocenters. The van der Waals surface area contributed by atoms with Crippen molar-refractivity contribution >= 4 is 12.0 Å². The number of urea groups is 1. The molecule has 17 heavy (non-hydrogen) atoms. The van der Waals surface area contributed by atoms with E-state index in [-0.39, 0.29) is 26.1 Å². The predicted molar refractivity (Wildman–Crippen MR) is 51.4 cm³/mol. The van der Waals surface area contributed by atoms with Crippen molar-refractivity contribution in [2.24, 2.45) is 5.92 Å². The van der Waals surface area contributed by atoms with Crippen molar-refractivity contribution in [2.75, 3.05) is 19.6 Å². The van der Waals surface area contributed by atoms with Gasteiger partial charge in [0.1, 0.15) is 0 Å². The van der Waals surface area contributed by atoms with Crippen molar-refractivity contribution in [3.8, 4) is 0 Å². The Morgan fingerprint density at radius 2 is 1.94 bits per heavy atom. The van der Waals surface area contributed by atoms with Crippen molar-refractivity contribution < 1.29 is 27.9 Å². The maximum Gasteiger partial charge on any atom is 0.389 e. The Morgan fingerprint density at radius 3 is 2.41 bits per heavy atom. The van der Waals surface area contributed by atoms with Gasteiger partial charge < -0.3 is 15.3 Å². The highest BCUT2D eigenvalue weighted by molar-refractivity contribution is 5.79. The Bertz CT molecular complexity index is 300. The minimum absolute atomic E-state index is 0.0629. The first-order valence-corrected chi connectivity index (χ1v) is 5.12. The molecule has 0 spiro atoms. The number of carbonyl (C=O) groups is 2. The number of nitrogens with one attached hydrogen (secondary N) is 1. The van der Waals surface area contributed by atoms with Crippen LogP contribution in [0.4, 0.5) is 18.0 Å². The highest BCUT2D eigenvalue weighted by atomic mass is 19.4.